The fraction of sp³-hybridized carbons (Fsp3) is 0.364. The third-order valence-corrected chi connectivity index (χ3v) is 6.98. The Morgan fingerprint density at radius 2 is 1.49 bits per heavy atom. The average Bonchev–Trinajstić information content (AvgIpc) is 2.77. The summed E-state index contributed by atoms with van der Waals surface area (Å²) < 4.78 is 115. The molecule has 2 atom stereocenters. The summed E-state index contributed by atoms with van der Waals surface area (Å²) in [5.74, 6) is -1.92. The summed E-state index contributed by atoms with van der Waals surface area (Å²) in [5.41, 5.74) is -8.66. The Balaban J connectivity index is 2.42. The lowest BCUT2D eigenvalue weighted by atomic mass is 9.92. The van der Waals surface area contributed by atoms with Gasteiger partial charge in [0.1, 0.15) is 10.7 Å². The largest absolute Gasteiger partial charge is 0.435 e. The highest BCUT2D eigenvalue weighted by Gasteiger charge is 2.73. The summed E-state index contributed by atoms with van der Waals surface area (Å²) in [5, 5.41) is 3.48. The van der Waals surface area contributed by atoms with Gasteiger partial charge in [-0.1, -0.05) is 29.8 Å². The first-order valence-corrected chi connectivity index (χ1v) is 11.9. The first-order chi connectivity index (χ1) is 16.8. The molecule has 0 radical (unpaired) electrons. The number of halogens is 8. The number of aryl methyl sites for hydroxylation is 1. The maximum atomic E-state index is 14.3. The minimum atomic E-state index is -6.31. The van der Waals surface area contributed by atoms with E-state index in [4.69, 9.17) is 11.6 Å². The van der Waals surface area contributed by atoms with Gasteiger partial charge in [-0.25, -0.2) is 12.8 Å². The zero-order valence-corrected chi connectivity index (χ0v) is 20.9. The van der Waals surface area contributed by atoms with Crippen LogP contribution in [-0.4, -0.2) is 43.9 Å². The molecule has 37 heavy (non-hydrogen) atoms. The summed E-state index contributed by atoms with van der Waals surface area (Å²) in [4.78, 5) is 25.7. The van der Waals surface area contributed by atoms with E-state index in [-0.39, 0.29) is 33.5 Å². The molecular weight excluding hydrogens is 557 g/mol. The molecule has 0 unspecified atom stereocenters. The van der Waals surface area contributed by atoms with E-state index in [9.17, 15) is 48.7 Å². The van der Waals surface area contributed by atoms with Crippen LogP contribution in [0, 0.1) is 6.92 Å². The third-order valence-electron chi connectivity index (χ3n) is 5.55. The summed E-state index contributed by atoms with van der Waals surface area (Å²) in [7, 11) is -2.89. The number of rotatable bonds is 7. The van der Waals surface area contributed by atoms with Crippen molar-refractivity contribution in [1.29, 1.82) is 0 Å². The van der Waals surface area contributed by atoms with Crippen LogP contribution in [0.5, 0.6) is 0 Å². The van der Waals surface area contributed by atoms with Crippen molar-refractivity contribution in [1.82, 2.24) is 5.32 Å². The molecule has 6 nitrogen and oxygen atoms in total. The molecule has 0 saturated heterocycles. The van der Waals surface area contributed by atoms with Crippen LogP contribution in [0.2, 0.25) is 5.02 Å². The van der Waals surface area contributed by atoms with Crippen LogP contribution in [-0.2, 0) is 16.4 Å². The number of anilines is 1. The van der Waals surface area contributed by atoms with Gasteiger partial charge in [-0.15, -0.1) is 0 Å². The van der Waals surface area contributed by atoms with Crippen molar-refractivity contribution in [2.45, 2.75) is 50.1 Å². The number of nitrogens with one attached hydrogen (secondary N) is 2. The Bertz CT molecular complexity index is 1260. The van der Waals surface area contributed by atoms with E-state index in [2.05, 4.69) is 10.6 Å². The first kappa shape index (κ1) is 30.4. The van der Waals surface area contributed by atoms with Crippen molar-refractivity contribution in [2.75, 3.05) is 5.32 Å². The van der Waals surface area contributed by atoms with Gasteiger partial charge >= 0.3 is 18.0 Å². The van der Waals surface area contributed by atoms with Gasteiger partial charge in [0.05, 0.1) is 21.4 Å². The van der Waals surface area contributed by atoms with Crippen molar-refractivity contribution in [3.8, 4) is 0 Å². The van der Waals surface area contributed by atoms with Gasteiger partial charge in [-0.2, -0.15) is 26.3 Å². The van der Waals surface area contributed by atoms with Gasteiger partial charge in [-0.3, -0.25) is 9.59 Å². The van der Waals surface area contributed by atoms with Crippen LogP contribution in [0.15, 0.2) is 36.4 Å². The molecular formula is C22H20ClF7N2O4S. The van der Waals surface area contributed by atoms with Gasteiger partial charge in [0.15, 0.2) is 0 Å². The van der Waals surface area contributed by atoms with Gasteiger partial charge in [0.2, 0.25) is 0 Å². The van der Waals surface area contributed by atoms with Crippen LogP contribution >= 0.6 is 11.6 Å². The molecule has 204 valence electrons. The minimum absolute atomic E-state index is 0.193. The fourth-order valence-electron chi connectivity index (χ4n) is 3.22. The average molecular weight is 577 g/mol. The zero-order chi connectivity index (χ0) is 28.5. The molecule has 2 aromatic carbocycles. The third kappa shape index (κ3) is 6.17. The Hall–Kier alpha value is -2.87. The number of hydrogen-bond donors (Lipinski definition) is 3. The van der Waals surface area contributed by atoms with Gasteiger partial charge in [0, 0.05) is 17.3 Å². The number of benzene rings is 2. The maximum Gasteiger partial charge on any atom is 0.435 e. The quantitative estimate of drug-likeness (QED) is 0.308. The molecule has 2 rings (SSSR count). The second-order valence-corrected chi connectivity index (χ2v) is 9.88. The normalized spacial score (nSPS) is 14.3. The van der Waals surface area contributed by atoms with Crippen LogP contribution in [0.1, 0.15) is 45.7 Å². The monoisotopic (exact) mass is 576 g/mol. The molecule has 0 heterocycles. The number of carbonyl (C=O) groups excluding carboxylic acids is 2. The molecule has 2 amide bonds. The maximum absolute atomic E-state index is 14.3. The molecule has 0 fully saturated rings. The molecule has 0 bridgehead atoms. The van der Waals surface area contributed by atoms with E-state index < -0.39 is 57.4 Å². The summed E-state index contributed by atoms with van der Waals surface area (Å²) in [6.45, 7) is 3.79. The zero-order valence-electron chi connectivity index (χ0n) is 19.2. The van der Waals surface area contributed by atoms with E-state index in [1.54, 1.807) is 0 Å². The number of thiol groups is 1. The minimum Gasteiger partial charge on any atom is -0.348 e. The molecule has 0 spiro atoms. The molecule has 0 aliphatic carbocycles. The molecule has 0 aromatic heterocycles. The lowest BCUT2D eigenvalue weighted by molar-refractivity contribution is -0.348. The molecule has 15 heteroatoms. The number of carbonyl (C=O) groups is 2. The number of amides is 2. The highest BCUT2D eigenvalue weighted by molar-refractivity contribution is 7.73. The lowest BCUT2D eigenvalue weighted by Gasteiger charge is -2.30. The van der Waals surface area contributed by atoms with Crippen LogP contribution in [0.4, 0.5) is 36.4 Å². The standard InChI is InChI=1S/C22H20ClF7N2O4S/c1-10-9-13(20(24,21(25,26)27)22(28,29)30)7-8-16(10)32-18(33)14-5-4-6-15(23)17(14)19(34)31-11(2)12(3)37(35)36/h4-9,11-12,37H,1-3H3,(H,31,34)(H,32,33)/t11-,12-/m1/s1. The van der Waals surface area contributed by atoms with E-state index in [1.807, 2.05) is 0 Å². The first-order valence-electron chi connectivity index (χ1n) is 10.3. The SMILES string of the molecule is Cc1cc(C(F)(C(F)(F)F)C(F)(F)F)ccc1NC(=O)c1cccc(Cl)c1C(=O)N[C@H](C)[C@@H](C)[SH](=O)=O. The Labute approximate surface area is 213 Å². The molecule has 0 aliphatic rings. The van der Waals surface area contributed by atoms with Crippen LogP contribution in [0.25, 0.3) is 0 Å². The molecule has 0 saturated carbocycles. The summed E-state index contributed by atoms with van der Waals surface area (Å²) in [6.07, 6.45) is -12.6. The Morgan fingerprint density at radius 3 is 1.97 bits per heavy atom. The lowest BCUT2D eigenvalue weighted by Crippen LogP contribution is -2.50. The van der Waals surface area contributed by atoms with Crippen LogP contribution in [0.3, 0.4) is 0 Å². The van der Waals surface area contributed by atoms with E-state index >= 15 is 0 Å². The Morgan fingerprint density at radius 1 is 0.919 bits per heavy atom. The van der Waals surface area contributed by atoms with Gasteiger partial charge < -0.3 is 10.6 Å². The topological polar surface area (TPSA) is 92.3 Å². The van der Waals surface area contributed by atoms with E-state index in [1.165, 1.54) is 32.0 Å². The Kier molecular flexibility index (Phi) is 8.91. The fourth-order valence-corrected chi connectivity index (χ4v) is 3.92. The molecule has 2 aromatic rings. The number of alkyl halides is 7. The number of hydrogen-bond acceptors (Lipinski definition) is 4. The predicted molar refractivity (Wildman–Crippen MR) is 122 cm³/mol. The van der Waals surface area contributed by atoms with Gasteiger partial charge in [-0.05, 0) is 44.5 Å². The van der Waals surface area contributed by atoms with Crippen LogP contribution < -0.4 is 10.6 Å². The highest BCUT2D eigenvalue weighted by Crippen LogP contribution is 2.53. The molecule has 0 aliphatic heterocycles. The van der Waals surface area contributed by atoms with Crippen molar-refractivity contribution in [2.24, 2.45) is 0 Å². The predicted octanol–water partition coefficient (Wildman–Crippen LogP) is 5.31. The second kappa shape index (κ2) is 10.9. The second-order valence-electron chi connectivity index (χ2n) is 8.09. The smallest absolute Gasteiger partial charge is 0.348 e. The van der Waals surface area contributed by atoms with E-state index in [0.717, 1.165) is 6.92 Å². The van der Waals surface area contributed by atoms with Crippen molar-refractivity contribution < 1.29 is 48.7 Å². The van der Waals surface area contributed by atoms with Gasteiger partial charge in [0.25, 0.3) is 11.8 Å². The molecule has 2 N–H and O–H groups in total. The highest BCUT2D eigenvalue weighted by atomic mass is 35.5. The summed E-state index contributed by atoms with van der Waals surface area (Å²) in [6, 6.07) is 4.06. The van der Waals surface area contributed by atoms with Crippen molar-refractivity contribution in [3.63, 3.8) is 0 Å². The van der Waals surface area contributed by atoms with Crippen molar-refractivity contribution in [3.05, 3.63) is 63.7 Å². The van der Waals surface area contributed by atoms with E-state index in [0.29, 0.717) is 12.1 Å². The summed E-state index contributed by atoms with van der Waals surface area (Å²) >= 11 is 6.07. The van der Waals surface area contributed by atoms with Crippen molar-refractivity contribution >= 4 is 39.8 Å².